The monoisotopic (exact) mass is 278 g/mol. The average Bonchev–Trinajstić information content (AvgIpc) is 2.73. The SMILES string of the molecule is COc1cc2c(cc1CNC(C)(C)C(N)=O)OC(C)C2. The van der Waals surface area contributed by atoms with Gasteiger partial charge in [-0.05, 0) is 32.9 Å². The second-order valence-electron chi connectivity index (χ2n) is 5.75. The molecule has 1 aliphatic heterocycles. The van der Waals surface area contributed by atoms with Crippen LogP contribution in [0.5, 0.6) is 11.5 Å². The summed E-state index contributed by atoms with van der Waals surface area (Å²) in [6.07, 6.45) is 1.09. The lowest BCUT2D eigenvalue weighted by molar-refractivity contribution is -0.123. The molecule has 0 aliphatic carbocycles. The van der Waals surface area contributed by atoms with Gasteiger partial charge < -0.3 is 15.2 Å². The van der Waals surface area contributed by atoms with Gasteiger partial charge in [0, 0.05) is 24.1 Å². The molecule has 5 heteroatoms. The van der Waals surface area contributed by atoms with E-state index in [1.54, 1.807) is 21.0 Å². The second kappa shape index (κ2) is 5.32. The molecule has 2 rings (SSSR count). The van der Waals surface area contributed by atoms with Crippen molar-refractivity contribution < 1.29 is 14.3 Å². The van der Waals surface area contributed by atoms with Crippen LogP contribution in [-0.2, 0) is 17.8 Å². The van der Waals surface area contributed by atoms with Gasteiger partial charge in [0.15, 0.2) is 0 Å². The maximum atomic E-state index is 11.3. The molecule has 5 nitrogen and oxygen atoms in total. The minimum absolute atomic E-state index is 0.194. The van der Waals surface area contributed by atoms with Crippen LogP contribution in [0, 0.1) is 0 Å². The Hall–Kier alpha value is -1.75. The van der Waals surface area contributed by atoms with Gasteiger partial charge in [-0.2, -0.15) is 0 Å². The zero-order valence-electron chi connectivity index (χ0n) is 12.4. The van der Waals surface area contributed by atoms with Gasteiger partial charge in [0.05, 0.1) is 12.6 Å². The lowest BCUT2D eigenvalue weighted by Gasteiger charge is -2.23. The Kier molecular flexibility index (Phi) is 3.90. The molecule has 1 heterocycles. The van der Waals surface area contributed by atoms with Crippen molar-refractivity contribution in [3.63, 3.8) is 0 Å². The molecule has 1 aliphatic rings. The molecule has 1 amide bonds. The zero-order chi connectivity index (χ0) is 14.9. The van der Waals surface area contributed by atoms with Crippen LogP contribution in [0.4, 0.5) is 0 Å². The van der Waals surface area contributed by atoms with Gasteiger partial charge in [0.2, 0.25) is 5.91 Å². The highest BCUT2D eigenvalue weighted by molar-refractivity contribution is 5.83. The number of hydrogen-bond acceptors (Lipinski definition) is 4. The van der Waals surface area contributed by atoms with Crippen LogP contribution in [0.15, 0.2) is 12.1 Å². The van der Waals surface area contributed by atoms with E-state index < -0.39 is 5.54 Å². The number of ether oxygens (including phenoxy) is 2. The number of nitrogens with one attached hydrogen (secondary N) is 1. The predicted octanol–water partition coefficient (Wildman–Crippen LogP) is 1.37. The third-order valence-electron chi connectivity index (χ3n) is 3.64. The molecule has 0 saturated heterocycles. The van der Waals surface area contributed by atoms with E-state index in [0.717, 1.165) is 29.0 Å². The largest absolute Gasteiger partial charge is 0.496 e. The first-order valence-corrected chi connectivity index (χ1v) is 6.75. The molecule has 1 atom stereocenters. The fourth-order valence-corrected chi connectivity index (χ4v) is 2.21. The molecule has 0 fully saturated rings. The fourth-order valence-electron chi connectivity index (χ4n) is 2.21. The van der Waals surface area contributed by atoms with Crippen LogP contribution >= 0.6 is 0 Å². The van der Waals surface area contributed by atoms with E-state index in [1.165, 1.54) is 0 Å². The Labute approximate surface area is 119 Å². The van der Waals surface area contributed by atoms with E-state index in [9.17, 15) is 4.79 Å². The topological polar surface area (TPSA) is 73.6 Å². The Balaban J connectivity index is 2.20. The maximum Gasteiger partial charge on any atom is 0.237 e. The summed E-state index contributed by atoms with van der Waals surface area (Å²) in [6.45, 7) is 6.05. The summed E-state index contributed by atoms with van der Waals surface area (Å²) in [5, 5.41) is 3.14. The van der Waals surface area contributed by atoms with Gasteiger partial charge in [0.25, 0.3) is 0 Å². The van der Waals surface area contributed by atoms with E-state index in [-0.39, 0.29) is 12.0 Å². The summed E-state index contributed by atoms with van der Waals surface area (Å²) in [5.74, 6) is 1.31. The van der Waals surface area contributed by atoms with Crippen molar-refractivity contribution >= 4 is 5.91 Å². The lowest BCUT2D eigenvalue weighted by Crippen LogP contribution is -2.50. The van der Waals surface area contributed by atoms with Crippen molar-refractivity contribution in [3.05, 3.63) is 23.3 Å². The zero-order valence-corrected chi connectivity index (χ0v) is 12.4. The van der Waals surface area contributed by atoms with Gasteiger partial charge in [0.1, 0.15) is 17.6 Å². The number of methoxy groups -OCH3 is 1. The predicted molar refractivity (Wildman–Crippen MR) is 76.9 cm³/mol. The van der Waals surface area contributed by atoms with Gasteiger partial charge >= 0.3 is 0 Å². The Bertz CT molecular complexity index is 526. The molecule has 1 aromatic rings. The van der Waals surface area contributed by atoms with Crippen molar-refractivity contribution in [3.8, 4) is 11.5 Å². The molecule has 110 valence electrons. The lowest BCUT2D eigenvalue weighted by atomic mass is 10.0. The van der Waals surface area contributed by atoms with Crippen LogP contribution < -0.4 is 20.5 Å². The van der Waals surface area contributed by atoms with Gasteiger partial charge in [-0.3, -0.25) is 10.1 Å². The summed E-state index contributed by atoms with van der Waals surface area (Å²) in [7, 11) is 1.64. The molecule has 0 aromatic heterocycles. The van der Waals surface area contributed by atoms with Crippen molar-refractivity contribution in [2.75, 3.05) is 7.11 Å². The van der Waals surface area contributed by atoms with E-state index >= 15 is 0 Å². The Morgan fingerprint density at radius 3 is 2.85 bits per heavy atom. The summed E-state index contributed by atoms with van der Waals surface area (Å²) >= 11 is 0. The molecule has 0 radical (unpaired) electrons. The number of hydrogen-bond donors (Lipinski definition) is 2. The van der Waals surface area contributed by atoms with Crippen LogP contribution in [0.2, 0.25) is 0 Å². The Morgan fingerprint density at radius 1 is 1.55 bits per heavy atom. The van der Waals surface area contributed by atoms with Crippen molar-refractivity contribution in [1.29, 1.82) is 0 Å². The highest BCUT2D eigenvalue weighted by atomic mass is 16.5. The van der Waals surface area contributed by atoms with Crippen LogP contribution in [0.1, 0.15) is 31.9 Å². The summed E-state index contributed by atoms with van der Waals surface area (Å²) in [6, 6.07) is 3.98. The van der Waals surface area contributed by atoms with Crippen molar-refractivity contribution in [1.82, 2.24) is 5.32 Å². The molecule has 3 N–H and O–H groups in total. The molecular formula is C15H22N2O3. The van der Waals surface area contributed by atoms with E-state index in [1.807, 2.05) is 19.1 Å². The van der Waals surface area contributed by atoms with E-state index in [4.69, 9.17) is 15.2 Å². The van der Waals surface area contributed by atoms with Crippen LogP contribution in [0.3, 0.4) is 0 Å². The first-order valence-electron chi connectivity index (χ1n) is 6.75. The van der Waals surface area contributed by atoms with Crippen LogP contribution in [0.25, 0.3) is 0 Å². The van der Waals surface area contributed by atoms with Gasteiger partial charge in [-0.1, -0.05) is 0 Å². The molecule has 1 aromatic carbocycles. The third-order valence-corrected chi connectivity index (χ3v) is 3.64. The summed E-state index contributed by atoms with van der Waals surface area (Å²) < 4.78 is 11.2. The van der Waals surface area contributed by atoms with Crippen molar-refractivity contribution in [2.45, 2.75) is 45.4 Å². The Morgan fingerprint density at radius 2 is 2.25 bits per heavy atom. The maximum absolute atomic E-state index is 11.3. The first-order chi connectivity index (χ1) is 9.33. The summed E-state index contributed by atoms with van der Waals surface area (Å²) in [4.78, 5) is 11.3. The highest BCUT2D eigenvalue weighted by Crippen LogP contribution is 2.35. The smallest absolute Gasteiger partial charge is 0.237 e. The number of rotatable bonds is 5. The first kappa shape index (κ1) is 14.7. The fraction of sp³-hybridized carbons (Fsp3) is 0.533. The quantitative estimate of drug-likeness (QED) is 0.853. The van der Waals surface area contributed by atoms with Crippen molar-refractivity contribution in [2.24, 2.45) is 5.73 Å². The van der Waals surface area contributed by atoms with Crippen LogP contribution in [-0.4, -0.2) is 24.7 Å². The number of fused-ring (bicyclic) bond motifs is 1. The number of carbonyl (C=O) groups is 1. The van der Waals surface area contributed by atoms with E-state index in [0.29, 0.717) is 6.54 Å². The highest BCUT2D eigenvalue weighted by Gasteiger charge is 2.26. The number of carbonyl (C=O) groups excluding carboxylic acids is 1. The minimum Gasteiger partial charge on any atom is -0.496 e. The number of nitrogens with two attached hydrogens (primary N) is 1. The third kappa shape index (κ3) is 2.88. The van der Waals surface area contributed by atoms with Gasteiger partial charge in [-0.15, -0.1) is 0 Å². The number of amides is 1. The number of primary amides is 1. The number of benzene rings is 1. The average molecular weight is 278 g/mol. The molecular weight excluding hydrogens is 256 g/mol. The second-order valence-corrected chi connectivity index (χ2v) is 5.75. The minimum atomic E-state index is -0.766. The van der Waals surface area contributed by atoms with E-state index in [2.05, 4.69) is 5.32 Å². The standard InChI is InChI=1S/C15H22N2O3/c1-9-5-10-6-12(19-4)11(7-13(10)20-9)8-17-15(2,3)14(16)18/h6-7,9,17H,5,8H2,1-4H3,(H2,16,18). The normalized spacial score (nSPS) is 17.5. The van der Waals surface area contributed by atoms with Gasteiger partial charge in [-0.25, -0.2) is 0 Å². The summed E-state index contributed by atoms with van der Waals surface area (Å²) in [5.41, 5.74) is 6.70. The molecule has 0 spiro atoms. The molecule has 1 unspecified atom stereocenters. The molecule has 20 heavy (non-hydrogen) atoms. The molecule has 0 bridgehead atoms. The molecule has 0 saturated carbocycles.